The Labute approximate surface area is 137 Å². The Hall–Kier alpha value is -2.23. The molecule has 120 valence electrons. The quantitative estimate of drug-likeness (QED) is 0.872. The van der Waals surface area contributed by atoms with E-state index in [0.29, 0.717) is 5.56 Å². The van der Waals surface area contributed by atoms with E-state index in [2.05, 4.69) is 41.2 Å². The van der Waals surface area contributed by atoms with E-state index in [9.17, 15) is 4.79 Å². The normalized spacial score (nSPS) is 16.0. The monoisotopic (exact) mass is 309 g/mol. The van der Waals surface area contributed by atoms with Gasteiger partial charge in [-0.2, -0.15) is 0 Å². The van der Waals surface area contributed by atoms with Gasteiger partial charge in [-0.15, -0.1) is 0 Å². The van der Waals surface area contributed by atoms with Gasteiger partial charge in [0, 0.05) is 18.5 Å². The Bertz CT molecular complexity index is 684. The van der Waals surface area contributed by atoms with Crippen molar-refractivity contribution in [2.24, 2.45) is 0 Å². The zero-order valence-electron chi connectivity index (χ0n) is 14.0. The highest BCUT2D eigenvalue weighted by atomic mass is 16.2. The van der Waals surface area contributed by atoms with Crippen LogP contribution in [0.2, 0.25) is 0 Å². The van der Waals surface area contributed by atoms with Gasteiger partial charge in [-0.3, -0.25) is 4.79 Å². The van der Waals surface area contributed by atoms with Gasteiger partial charge in [-0.1, -0.05) is 51.1 Å². The molecule has 0 bridgehead atoms. The molecular formula is C19H23N3O. The maximum atomic E-state index is 13.0. The van der Waals surface area contributed by atoms with Gasteiger partial charge in [0.05, 0.1) is 17.0 Å². The van der Waals surface area contributed by atoms with Crippen molar-refractivity contribution in [3.63, 3.8) is 0 Å². The summed E-state index contributed by atoms with van der Waals surface area (Å²) in [6, 6.07) is 10.4. The van der Waals surface area contributed by atoms with Crippen LogP contribution in [0.4, 0.5) is 0 Å². The lowest BCUT2D eigenvalue weighted by Crippen LogP contribution is -2.59. The van der Waals surface area contributed by atoms with Crippen LogP contribution in [-0.2, 0) is 18.3 Å². The number of aryl methyl sites for hydroxylation is 2. The first-order valence-corrected chi connectivity index (χ1v) is 8.26. The van der Waals surface area contributed by atoms with Crippen LogP contribution in [0.5, 0.6) is 0 Å². The third kappa shape index (κ3) is 2.74. The average molecular weight is 309 g/mol. The summed E-state index contributed by atoms with van der Waals surface area (Å²) in [5.41, 5.74) is 3.77. The molecule has 1 aromatic carbocycles. The Morgan fingerprint density at radius 2 is 1.65 bits per heavy atom. The number of amides is 1. The molecule has 0 saturated carbocycles. The number of likely N-dealkylation sites (tertiary alicyclic amines) is 1. The van der Waals surface area contributed by atoms with Crippen molar-refractivity contribution >= 4 is 5.91 Å². The third-order valence-corrected chi connectivity index (χ3v) is 4.73. The van der Waals surface area contributed by atoms with Crippen LogP contribution in [0.25, 0.3) is 0 Å². The number of nitrogens with zero attached hydrogens (tertiary/aromatic N) is 3. The molecule has 1 aromatic heterocycles. The van der Waals surface area contributed by atoms with Crippen LogP contribution in [0.1, 0.15) is 48.1 Å². The Balaban J connectivity index is 1.82. The molecule has 4 nitrogen and oxygen atoms in total. The number of rotatable bonds is 4. The lowest BCUT2D eigenvalue weighted by Gasteiger charge is -2.48. The zero-order valence-corrected chi connectivity index (χ0v) is 14.0. The summed E-state index contributed by atoms with van der Waals surface area (Å²) in [5, 5.41) is 0. The molecule has 2 heterocycles. The van der Waals surface area contributed by atoms with Crippen molar-refractivity contribution in [1.82, 2.24) is 14.9 Å². The van der Waals surface area contributed by atoms with Crippen LogP contribution in [0.15, 0.2) is 36.7 Å². The molecule has 1 aliphatic heterocycles. The molecule has 2 aromatic rings. The Morgan fingerprint density at radius 3 is 2.17 bits per heavy atom. The fourth-order valence-corrected chi connectivity index (χ4v) is 3.37. The maximum Gasteiger partial charge on any atom is 0.257 e. The summed E-state index contributed by atoms with van der Waals surface area (Å²) in [4.78, 5) is 23.5. The third-order valence-electron chi connectivity index (χ3n) is 4.73. The molecule has 3 rings (SSSR count). The van der Waals surface area contributed by atoms with E-state index in [0.717, 1.165) is 37.3 Å². The number of aromatic nitrogens is 2. The molecule has 1 fully saturated rings. The molecule has 0 aliphatic carbocycles. The fourth-order valence-electron chi connectivity index (χ4n) is 3.37. The number of hydrogen-bond acceptors (Lipinski definition) is 3. The number of hydrogen-bond donors (Lipinski definition) is 0. The van der Waals surface area contributed by atoms with E-state index in [1.807, 2.05) is 24.8 Å². The highest BCUT2D eigenvalue weighted by Gasteiger charge is 2.43. The van der Waals surface area contributed by atoms with Gasteiger partial charge in [-0.05, 0) is 18.4 Å². The standard InChI is InChI=1S/C19H23N3O/c1-4-15-17(16(5-2)21-13-20-15)18(23)22-11-19(3,12-22)14-9-7-6-8-10-14/h6-10,13H,4-5,11-12H2,1-3H3. The summed E-state index contributed by atoms with van der Waals surface area (Å²) in [6.07, 6.45) is 3.07. The predicted octanol–water partition coefficient (Wildman–Crippen LogP) is 3.02. The number of benzene rings is 1. The molecule has 1 saturated heterocycles. The largest absolute Gasteiger partial charge is 0.337 e. The van der Waals surface area contributed by atoms with Gasteiger partial charge in [-0.25, -0.2) is 9.97 Å². The van der Waals surface area contributed by atoms with Crippen molar-refractivity contribution < 1.29 is 4.79 Å². The first kappa shape index (κ1) is 15.7. The van der Waals surface area contributed by atoms with Crippen LogP contribution in [-0.4, -0.2) is 33.9 Å². The van der Waals surface area contributed by atoms with E-state index in [-0.39, 0.29) is 11.3 Å². The molecule has 0 atom stereocenters. The minimum atomic E-state index is 0.0469. The highest BCUT2D eigenvalue weighted by molar-refractivity contribution is 5.97. The minimum Gasteiger partial charge on any atom is -0.337 e. The van der Waals surface area contributed by atoms with Gasteiger partial charge in [0.2, 0.25) is 0 Å². The first-order valence-electron chi connectivity index (χ1n) is 8.26. The summed E-state index contributed by atoms with van der Waals surface area (Å²) < 4.78 is 0. The fraction of sp³-hybridized carbons (Fsp3) is 0.421. The Morgan fingerprint density at radius 1 is 1.09 bits per heavy atom. The van der Waals surface area contributed by atoms with Gasteiger partial charge in [0.15, 0.2) is 0 Å². The predicted molar refractivity (Wildman–Crippen MR) is 90.5 cm³/mol. The SMILES string of the molecule is CCc1ncnc(CC)c1C(=O)N1CC(C)(c2ccccc2)C1. The molecule has 0 N–H and O–H groups in total. The van der Waals surface area contributed by atoms with Crippen molar-refractivity contribution in [3.05, 3.63) is 59.2 Å². The van der Waals surface area contributed by atoms with Crippen molar-refractivity contribution in [2.75, 3.05) is 13.1 Å². The second-order valence-electron chi connectivity index (χ2n) is 6.44. The van der Waals surface area contributed by atoms with E-state index in [4.69, 9.17) is 0 Å². The van der Waals surface area contributed by atoms with E-state index >= 15 is 0 Å². The van der Waals surface area contributed by atoms with E-state index < -0.39 is 0 Å². The van der Waals surface area contributed by atoms with Crippen LogP contribution in [0.3, 0.4) is 0 Å². The van der Waals surface area contributed by atoms with Gasteiger partial charge in [0.25, 0.3) is 5.91 Å². The van der Waals surface area contributed by atoms with Crippen molar-refractivity contribution in [1.29, 1.82) is 0 Å². The second-order valence-corrected chi connectivity index (χ2v) is 6.44. The van der Waals surface area contributed by atoms with Crippen LogP contribution >= 0.6 is 0 Å². The second kappa shape index (κ2) is 6.11. The molecule has 0 unspecified atom stereocenters. The summed E-state index contributed by atoms with van der Waals surface area (Å²) in [7, 11) is 0. The lowest BCUT2D eigenvalue weighted by atomic mass is 9.75. The van der Waals surface area contributed by atoms with E-state index in [1.54, 1.807) is 6.33 Å². The lowest BCUT2D eigenvalue weighted by molar-refractivity contribution is 0.0430. The molecule has 1 aliphatic rings. The molecule has 1 amide bonds. The molecular weight excluding hydrogens is 286 g/mol. The maximum absolute atomic E-state index is 13.0. The first-order chi connectivity index (χ1) is 11.1. The van der Waals surface area contributed by atoms with Gasteiger partial charge in [0.1, 0.15) is 6.33 Å². The zero-order chi connectivity index (χ0) is 16.4. The molecule has 0 spiro atoms. The van der Waals surface area contributed by atoms with Crippen LogP contribution in [0, 0.1) is 0 Å². The van der Waals surface area contributed by atoms with Crippen molar-refractivity contribution in [2.45, 2.75) is 39.0 Å². The number of carbonyl (C=O) groups is 1. The summed E-state index contributed by atoms with van der Waals surface area (Å²) in [5.74, 6) is 0.0766. The molecule has 23 heavy (non-hydrogen) atoms. The smallest absolute Gasteiger partial charge is 0.257 e. The van der Waals surface area contributed by atoms with Crippen molar-refractivity contribution in [3.8, 4) is 0 Å². The summed E-state index contributed by atoms with van der Waals surface area (Å²) >= 11 is 0. The molecule has 0 radical (unpaired) electrons. The van der Waals surface area contributed by atoms with Gasteiger partial charge < -0.3 is 4.90 Å². The average Bonchev–Trinajstić information content (AvgIpc) is 2.58. The molecule has 4 heteroatoms. The highest BCUT2D eigenvalue weighted by Crippen LogP contribution is 2.35. The van der Waals surface area contributed by atoms with Gasteiger partial charge >= 0.3 is 0 Å². The summed E-state index contributed by atoms with van der Waals surface area (Å²) in [6.45, 7) is 7.77. The Kier molecular flexibility index (Phi) is 4.16. The van der Waals surface area contributed by atoms with E-state index in [1.165, 1.54) is 5.56 Å². The minimum absolute atomic E-state index is 0.0469. The van der Waals surface area contributed by atoms with Crippen LogP contribution < -0.4 is 0 Å². The number of carbonyl (C=O) groups excluding carboxylic acids is 1. The topological polar surface area (TPSA) is 46.1 Å².